The maximum absolute atomic E-state index is 13.5. The standard InChI is InChI=1S/C28H28N4O5/c1-3-37-24(35)17-29-27-25(19-10-5-4-6-11-19)31-26-21(13-8-14-32(26)27)28(36)30-22(16-23(33)34)20-12-7-9-18(2)15-20/h4-15,22,29H,3,16-17H2,1-2H3,(H,30,36)(H,33,34). The van der Waals surface area contributed by atoms with Gasteiger partial charge in [-0.3, -0.25) is 18.8 Å². The maximum Gasteiger partial charge on any atom is 0.325 e. The van der Waals surface area contributed by atoms with Gasteiger partial charge in [0.2, 0.25) is 0 Å². The van der Waals surface area contributed by atoms with Crippen molar-refractivity contribution in [2.75, 3.05) is 18.5 Å². The molecule has 2 aromatic heterocycles. The Hall–Kier alpha value is -4.66. The van der Waals surface area contributed by atoms with Crippen LogP contribution in [-0.2, 0) is 14.3 Å². The zero-order valence-electron chi connectivity index (χ0n) is 20.6. The molecule has 9 heteroatoms. The number of anilines is 1. The van der Waals surface area contributed by atoms with Crippen LogP contribution in [0.3, 0.4) is 0 Å². The average molecular weight is 501 g/mol. The summed E-state index contributed by atoms with van der Waals surface area (Å²) in [5.41, 5.74) is 3.66. The van der Waals surface area contributed by atoms with E-state index in [9.17, 15) is 19.5 Å². The molecule has 0 bridgehead atoms. The molecule has 0 fully saturated rings. The summed E-state index contributed by atoms with van der Waals surface area (Å²) >= 11 is 0. The second-order valence-corrected chi connectivity index (χ2v) is 8.49. The van der Waals surface area contributed by atoms with Crippen molar-refractivity contribution in [2.45, 2.75) is 26.3 Å². The number of hydrogen-bond donors (Lipinski definition) is 3. The van der Waals surface area contributed by atoms with E-state index in [0.29, 0.717) is 22.7 Å². The van der Waals surface area contributed by atoms with Crippen LogP contribution in [0.2, 0.25) is 0 Å². The zero-order valence-corrected chi connectivity index (χ0v) is 20.6. The Kier molecular flexibility index (Phi) is 7.83. The molecule has 2 aromatic carbocycles. The molecule has 0 aliphatic rings. The number of pyridine rings is 1. The van der Waals surface area contributed by atoms with Gasteiger partial charge in [0.25, 0.3) is 5.91 Å². The summed E-state index contributed by atoms with van der Waals surface area (Å²) in [7, 11) is 0. The van der Waals surface area contributed by atoms with Gasteiger partial charge in [0.15, 0.2) is 5.65 Å². The first-order valence-corrected chi connectivity index (χ1v) is 11.9. The molecule has 4 aromatic rings. The van der Waals surface area contributed by atoms with Gasteiger partial charge in [-0.15, -0.1) is 0 Å². The van der Waals surface area contributed by atoms with E-state index >= 15 is 0 Å². The van der Waals surface area contributed by atoms with Crippen LogP contribution >= 0.6 is 0 Å². The molecule has 0 aliphatic heterocycles. The first-order valence-electron chi connectivity index (χ1n) is 11.9. The largest absolute Gasteiger partial charge is 0.481 e. The number of carbonyl (C=O) groups is 3. The van der Waals surface area contributed by atoms with Crippen molar-refractivity contribution in [3.63, 3.8) is 0 Å². The summed E-state index contributed by atoms with van der Waals surface area (Å²) in [4.78, 5) is 41.8. The lowest BCUT2D eigenvalue weighted by molar-refractivity contribution is -0.141. The monoisotopic (exact) mass is 500 g/mol. The Morgan fingerprint density at radius 3 is 2.54 bits per heavy atom. The van der Waals surface area contributed by atoms with Gasteiger partial charge >= 0.3 is 11.9 Å². The fourth-order valence-electron chi connectivity index (χ4n) is 4.13. The van der Waals surface area contributed by atoms with E-state index < -0.39 is 23.9 Å². The fourth-order valence-corrected chi connectivity index (χ4v) is 4.13. The smallest absolute Gasteiger partial charge is 0.325 e. The predicted octanol–water partition coefficient (Wildman–Crippen LogP) is 4.23. The van der Waals surface area contributed by atoms with Crippen LogP contribution in [0.4, 0.5) is 5.82 Å². The van der Waals surface area contributed by atoms with Crippen molar-refractivity contribution < 1.29 is 24.2 Å². The first kappa shape index (κ1) is 25.4. The predicted molar refractivity (Wildman–Crippen MR) is 139 cm³/mol. The molecule has 9 nitrogen and oxygen atoms in total. The summed E-state index contributed by atoms with van der Waals surface area (Å²) in [6.45, 7) is 3.83. The maximum atomic E-state index is 13.5. The van der Waals surface area contributed by atoms with E-state index in [4.69, 9.17) is 9.72 Å². The molecule has 0 saturated heterocycles. The van der Waals surface area contributed by atoms with Crippen molar-refractivity contribution >= 4 is 29.3 Å². The number of aliphatic carboxylic acids is 1. The lowest BCUT2D eigenvalue weighted by Crippen LogP contribution is -2.30. The lowest BCUT2D eigenvalue weighted by Gasteiger charge is -2.18. The number of benzene rings is 2. The van der Waals surface area contributed by atoms with Crippen LogP contribution in [0, 0.1) is 6.92 Å². The third-order valence-electron chi connectivity index (χ3n) is 5.78. The van der Waals surface area contributed by atoms with Crippen LogP contribution in [-0.4, -0.2) is 45.5 Å². The van der Waals surface area contributed by atoms with E-state index in [1.165, 1.54) is 0 Å². The van der Waals surface area contributed by atoms with Crippen LogP contribution in [0.15, 0.2) is 72.9 Å². The number of nitrogens with one attached hydrogen (secondary N) is 2. The molecule has 0 spiro atoms. The number of carbonyl (C=O) groups excluding carboxylic acids is 2. The highest BCUT2D eigenvalue weighted by Crippen LogP contribution is 2.30. The number of aryl methyl sites for hydroxylation is 1. The molecular formula is C28H28N4O5. The van der Waals surface area contributed by atoms with Gasteiger partial charge in [-0.25, -0.2) is 4.98 Å². The zero-order chi connectivity index (χ0) is 26.4. The molecule has 1 atom stereocenters. The van der Waals surface area contributed by atoms with Crippen molar-refractivity contribution in [1.29, 1.82) is 0 Å². The molecule has 3 N–H and O–H groups in total. The summed E-state index contributed by atoms with van der Waals surface area (Å²) in [6.07, 6.45) is 1.47. The van der Waals surface area contributed by atoms with Gasteiger partial charge in [-0.05, 0) is 31.5 Å². The second-order valence-electron chi connectivity index (χ2n) is 8.49. The Balaban J connectivity index is 1.74. The quantitative estimate of drug-likeness (QED) is 0.279. The van der Waals surface area contributed by atoms with Crippen LogP contribution in [0.1, 0.15) is 40.9 Å². The number of ether oxygens (including phenoxy) is 1. The minimum absolute atomic E-state index is 0.0774. The number of carboxylic acid groups (broad SMARTS) is 1. The Morgan fingerprint density at radius 1 is 1.05 bits per heavy atom. The van der Waals surface area contributed by atoms with Gasteiger partial charge in [-0.2, -0.15) is 0 Å². The topological polar surface area (TPSA) is 122 Å². The van der Waals surface area contributed by atoms with Crippen molar-refractivity contribution in [3.8, 4) is 11.3 Å². The third-order valence-corrected chi connectivity index (χ3v) is 5.78. The molecule has 4 rings (SSSR count). The van der Waals surface area contributed by atoms with E-state index in [-0.39, 0.29) is 25.1 Å². The molecule has 37 heavy (non-hydrogen) atoms. The summed E-state index contributed by atoms with van der Waals surface area (Å²) in [5.74, 6) is -1.37. The number of esters is 1. The molecule has 190 valence electrons. The Morgan fingerprint density at radius 2 is 1.84 bits per heavy atom. The van der Waals surface area contributed by atoms with Gasteiger partial charge in [0.1, 0.15) is 18.1 Å². The van der Waals surface area contributed by atoms with Crippen LogP contribution in [0.5, 0.6) is 0 Å². The van der Waals surface area contributed by atoms with Gasteiger partial charge < -0.3 is 20.5 Å². The summed E-state index contributed by atoms with van der Waals surface area (Å²) in [6, 6.07) is 19.4. The molecule has 0 saturated carbocycles. The number of carboxylic acids is 1. The second kappa shape index (κ2) is 11.4. The van der Waals surface area contributed by atoms with E-state index in [2.05, 4.69) is 10.6 Å². The minimum Gasteiger partial charge on any atom is -0.481 e. The highest BCUT2D eigenvalue weighted by atomic mass is 16.5. The van der Waals surface area contributed by atoms with Gasteiger partial charge in [0.05, 0.1) is 24.6 Å². The minimum atomic E-state index is -1.03. The molecule has 1 unspecified atom stereocenters. The molecule has 0 radical (unpaired) electrons. The number of fused-ring (bicyclic) bond motifs is 1. The molecule has 0 aliphatic carbocycles. The molecular weight excluding hydrogens is 472 g/mol. The normalized spacial score (nSPS) is 11.6. The fraction of sp³-hybridized carbons (Fsp3) is 0.214. The van der Waals surface area contributed by atoms with E-state index in [0.717, 1.165) is 11.1 Å². The van der Waals surface area contributed by atoms with Gasteiger partial charge in [0, 0.05) is 11.8 Å². The average Bonchev–Trinajstić information content (AvgIpc) is 3.26. The number of aromatic nitrogens is 2. The summed E-state index contributed by atoms with van der Waals surface area (Å²) < 4.78 is 6.75. The SMILES string of the molecule is CCOC(=O)CNc1c(-c2ccccc2)nc2c(C(=O)NC(CC(=O)O)c3cccc(C)c3)cccn12. The van der Waals surface area contributed by atoms with E-state index in [1.807, 2.05) is 55.5 Å². The van der Waals surface area contributed by atoms with Crippen molar-refractivity contribution in [3.05, 3.63) is 89.6 Å². The van der Waals surface area contributed by atoms with E-state index in [1.54, 1.807) is 35.7 Å². The highest BCUT2D eigenvalue weighted by molar-refractivity contribution is 6.01. The number of nitrogens with zero attached hydrogens (tertiary/aromatic N) is 2. The Bertz CT molecular complexity index is 1430. The van der Waals surface area contributed by atoms with Crippen molar-refractivity contribution in [1.82, 2.24) is 14.7 Å². The summed E-state index contributed by atoms with van der Waals surface area (Å²) in [5, 5.41) is 15.4. The van der Waals surface area contributed by atoms with Crippen LogP contribution < -0.4 is 10.6 Å². The number of amides is 1. The van der Waals surface area contributed by atoms with Crippen molar-refractivity contribution in [2.24, 2.45) is 0 Å². The van der Waals surface area contributed by atoms with Crippen LogP contribution in [0.25, 0.3) is 16.9 Å². The number of hydrogen-bond acceptors (Lipinski definition) is 6. The first-order chi connectivity index (χ1) is 17.9. The Labute approximate surface area is 214 Å². The molecule has 1 amide bonds. The number of imidazole rings is 1. The lowest BCUT2D eigenvalue weighted by atomic mass is 10.0. The number of rotatable bonds is 10. The van der Waals surface area contributed by atoms with Gasteiger partial charge in [-0.1, -0.05) is 60.2 Å². The molecule has 2 heterocycles. The third kappa shape index (κ3) is 5.95. The highest BCUT2D eigenvalue weighted by Gasteiger charge is 2.23.